The van der Waals surface area contributed by atoms with Crippen LogP contribution in [0.5, 0.6) is 0 Å². The van der Waals surface area contributed by atoms with Gasteiger partial charge >= 0.3 is 0 Å². The molecule has 1 N–H and O–H groups in total. The van der Waals surface area contributed by atoms with Gasteiger partial charge in [-0.25, -0.2) is 9.37 Å². The van der Waals surface area contributed by atoms with E-state index in [0.717, 1.165) is 5.03 Å². The van der Waals surface area contributed by atoms with Gasteiger partial charge < -0.3 is 9.94 Å². The summed E-state index contributed by atoms with van der Waals surface area (Å²) in [5, 5.41) is 15.4. The van der Waals surface area contributed by atoms with Crippen LogP contribution in [0.1, 0.15) is 26.2 Å². The Kier molecular flexibility index (Phi) is 8.31. The summed E-state index contributed by atoms with van der Waals surface area (Å²) in [5.74, 6) is -0.863. The first-order valence-electron chi connectivity index (χ1n) is 8.62. The van der Waals surface area contributed by atoms with Gasteiger partial charge in [0.2, 0.25) is 0 Å². The highest BCUT2D eigenvalue weighted by atomic mass is 35.5. The number of alkyl halides is 1. The minimum atomic E-state index is -1.60. The minimum absolute atomic E-state index is 0.0235. The highest BCUT2D eigenvalue weighted by Crippen LogP contribution is 2.33. The van der Waals surface area contributed by atoms with Crippen LogP contribution in [-0.2, 0) is 9.63 Å². The van der Waals surface area contributed by atoms with E-state index in [9.17, 15) is 14.3 Å². The Labute approximate surface area is 167 Å². The molecule has 0 saturated heterocycles. The van der Waals surface area contributed by atoms with E-state index in [1.165, 1.54) is 17.8 Å². The molecule has 1 aliphatic carbocycles. The molecule has 1 aromatic heterocycles. The first-order chi connectivity index (χ1) is 13.0. The van der Waals surface area contributed by atoms with E-state index >= 15 is 0 Å². The van der Waals surface area contributed by atoms with Crippen LogP contribution in [0.15, 0.2) is 52.5 Å². The predicted molar refractivity (Wildman–Crippen MR) is 106 cm³/mol. The average molecular weight is 413 g/mol. The quantitative estimate of drug-likeness (QED) is 0.205. The molecule has 0 spiro atoms. The first kappa shape index (κ1) is 21.4. The van der Waals surface area contributed by atoms with Crippen LogP contribution in [0, 0.1) is 5.92 Å². The minimum Gasteiger partial charge on any atom is -0.508 e. The van der Waals surface area contributed by atoms with Gasteiger partial charge in [0.05, 0.1) is 21.3 Å². The Balaban J connectivity index is 2.03. The lowest BCUT2D eigenvalue weighted by molar-refractivity contribution is -0.117. The molecule has 0 aliphatic heterocycles. The summed E-state index contributed by atoms with van der Waals surface area (Å²) in [7, 11) is 0. The van der Waals surface area contributed by atoms with E-state index in [-0.39, 0.29) is 30.1 Å². The maximum absolute atomic E-state index is 14.7. The molecule has 8 heteroatoms. The molecule has 1 aliphatic rings. The Morgan fingerprint density at radius 1 is 1.59 bits per heavy atom. The van der Waals surface area contributed by atoms with Crippen molar-refractivity contribution in [3.63, 3.8) is 0 Å². The number of thioether (sulfide) groups is 1. The summed E-state index contributed by atoms with van der Waals surface area (Å²) in [6.45, 7) is 5.44. The van der Waals surface area contributed by atoms with E-state index in [4.69, 9.17) is 16.4 Å². The maximum Gasteiger partial charge on any atom is 0.168 e. The normalized spacial score (nSPS) is 20.7. The van der Waals surface area contributed by atoms with E-state index in [1.807, 2.05) is 0 Å². The number of ketones is 1. The van der Waals surface area contributed by atoms with Gasteiger partial charge in [-0.1, -0.05) is 36.3 Å². The molecule has 146 valence electrons. The molecule has 0 bridgehead atoms. The van der Waals surface area contributed by atoms with Crippen LogP contribution in [0.2, 0.25) is 5.02 Å². The summed E-state index contributed by atoms with van der Waals surface area (Å²) in [6, 6.07) is 3.52. The summed E-state index contributed by atoms with van der Waals surface area (Å²) in [6.07, 6.45) is 2.26. The monoisotopic (exact) mass is 412 g/mol. The predicted octanol–water partition coefficient (Wildman–Crippen LogP) is 4.93. The number of hydrogen-bond donors (Lipinski definition) is 1. The second kappa shape index (κ2) is 10.5. The number of hydrogen-bond acceptors (Lipinski definition) is 6. The van der Waals surface area contributed by atoms with E-state index in [2.05, 4.69) is 16.7 Å². The Bertz CT molecular complexity index is 737. The topological polar surface area (TPSA) is 71.8 Å². The number of allylic oxidation sites excluding steroid dienone is 2. The molecule has 0 amide bonds. The average Bonchev–Trinajstić information content (AvgIpc) is 2.66. The lowest BCUT2D eigenvalue weighted by atomic mass is 9.82. The zero-order valence-corrected chi connectivity index (χ0v) is 16.6. The van der Waals surface area contributed by atoms with Crippen molar-refractivity contribution in [1.29, 1.82) is 0 Å². The molecular formula is C19H22ClFN2O3S. The van der Waals surface area contributed by atoms with Crippen molar-refractivity contribution < 1.29 is 19.1 Å². The van der Waals surface area contributed by atoms with Gasteiger partial charge in [-0.15, -0.1) is 11.8 Å². The summed E-state index contributed by atoms with van der Waals surface area (Å²) in [4.78, 5) is 21.7. The van der Waals surface area contributed by atoms with E-state index < -0.39 is 17.8 Å². The number of aliphatic hydroxyl groups excluding tert-OH is 1. The lowest BCUT2D eigenvalue weighted by Gasteiger charge is -2.27. The van der Waals surface area contributed by atoms with Gasteiger partial charge in [0.1, 0.15) is 12.4 Å². The largest absolute Gasteiger partial charge is 0.508 e. The van der Waals surface area contributed by atoms with Gasteiger partial charge in [-0.3, -0.25) is 4.79 Å². The van der Waals surface area contributed by atoms with Crippen molar-refractivity contribution >= 4 is 34.9 Å². The highest BCUT2D eigenvalue weighted by molar-refractivity contribution is 7.99. The van der Waals surface area contributed by atoms with E-state index in [1.54, 1.807) is 25.3 Å². The molecule has 0 radical (unpaired) electrons. The van der Waals surface area contributed by atoms with Crippen molar-refractivity contribution in [2.24, 2.45) is 11.1 Å². The molecule has 0 fully saturated rings. The molecule has 1 heterocycles. The summed E-state index contributed by atoms with van der Waals surface area (Å²) in [5.41, 5.74) is 0.192. The molecule has 2 unspecified atom stereocenters. The maximum atomic E-state index is 14.7. The number of rotatable bonds is 9. The Morgan fingerprint density at radius 2 is 2.37 bits per heavy atom. The number of aliphatic hydroxyl groups is 1. The van der Waals surface area contributed by atoms with Gasteiger partial charge in [0.25, 0.3) is 0 Å². The molecule has 1 aromatic rings. The first-order valence-corrected chi connectivity index (χ1v) is 9.99. The number of pyridine rings is 1. The summed E-state index contributed by atoms with van der Waals surface area (Å²) >= 11 is 7.25. The number of Topliss-reactive ketones (excluding diaryl/α,β-unsaturated/α-hetero) is 1. The standard InChI is InChI=1S/C19H22ClFN2O3S/c1-3-8-26-23-14(4-2)17-15(24)10-12(18(21)19(17)25)7-9-27-16-6-5-13(20)11-22-16/h3,5-6,11-12,18,25H,1,4,7-10H2,2H3/b23-14+. The second-order valence-electron chi connectivity index (χ2n) is 5.98. The zero-order valence-electron chi connectivity index (χ0n) is 15.0. The van der Waals surface area contributed by atoms with E-state index in [0.29, 0.717) is 23.6 Å². The number of carbonyl (C=O) groups is 1. The molecule has 0 aromatic carbocycles. The molecule has 27 heavy (non-hydrogen) atoms. The molecule has 5 nitrogen and oxygen atoms in total. The van der Waals surface area contributed by atoms with Gasteiger partial charge in [0, 0.05) is 18.5 Å². The third kappa shape index (κ3) is 5.81. The van der Waals surface area contributed by atoms with Crippen molar-refractivity contribution in [3.8, 4) is 0 Å². The van der Waals surface area contributed by atoms with Gasteiger partial charge in [-0.2, -0.15) is 0 Å². The van der Waals surface area contributed by atoms with Crippen LogP contribution in [-0.4, -0.2) is 40.1 Å². The second-order valence-corrected chi connectivity index (χ2v) is 7.53. The SMILES string of the molecule is C=CCO/N=C(\CC)C1=C(O)C(F)C(CCSc2ccc(Cl)cn2)CC1=O. The molecule has 0 saturated carbocycles. The molecule has 2 rings (SSSR count). The Hall–Kier alpha value is -1.86. The van der Waals surface area contributed by atoms with Crippen LogP contribution in [0.25, 0.3) is 0 Å². The summed E-state index contributed by atoms with van der Waals surface area (Å²) < 4.78 is 14.7. The fourth-order valence-corrected chi connectivity index (χ4v) is 3.76. The van der Waals surface area contributed by atoms with Crippen LogP contribution >= 0.6 is 23.4 Å². The van der Waals surface area contributed by atoms with Crippen LogP contribution in [0.3, 0.4) is 0 Å². The van der Waals surface area contributed by atoms with Crippen molar-refractivity contribution in [2.45, 2.75) is 37.4 Å². The number of oxime groups is 1. The molecular weight excluding hydrogens is 391 g/mol. The fourth-order valence-electron chi connectivity index (χ4n) is 2.72. The zero-order chi connectivity index (χ0) is 19.8. The smallest absolute Gasteiger partial charge is 0.168 e. The van der Waals surface area contributed by atoms with Gasteiger partial charge in [-0.05, 0) is 30.7 Å². The third-order valence-corrected chi connectivity index (χ3v) is 5.29. The number of nitrogens with zero attached hydrogens (tertiary/aromatic N) is 2. The van der Waals surface area contributed by atoms with Crippen molar-refractivity contribution in [3.05, 3.63) is 47.3 Å². The fraction of sp³-hybridized carbons (Fsp3) is 0.421. The Morgan fingerprint density at radius 3 is 3.00 bits per heavy atom. The van der Waals surface area contributed by atoms with Crippen molar-refractivity contribution in [2.75, 3.05) is 12.4 Å². The lowest BCUT2D eigenvalue weighted by Crippen LogP contribution is -2.33. The third-order valence-electron chi connectivity index (χ3n) is 4.09. The number of aromatic nitrogens is 1. The molecule has 2 atom stereocenters. The van der Waals surface area contributed by atoms with Crippen LogP contribution < -0.4 is 0 Å². The number of carbonyl (C=O) groups excluding carboxylic acids is 1. The van der Waals surface area contributed by atoms with Crippen molar-refractivity contribution in [1.82, 2.24) is 4.98 Å². The van der Waals surface area contributed by atoms with Gasteiger partial charge in [0.15, 0.2) is 12.0 Å². The number of halogens is 2. The van der Waals surface area contributed by atoms with Crippen LogP contribution in [0.4, 0.5) is 4.39 Å². The highest BCUT2D eigenvalue weighted by Gasteiger charge is 2.38.